The maximum atomic E-state index is 13.3. The molecule has 1 fully saturated rings. The number of hydrogen-bond donors (Lipinski definition) is 1. The van der Waals surface area contributed by atoms with E-state index in [-0.39, 0.29) is 11.5 Å². The molecule has 0 unspecified atom stereocenters. The Bertz CT molecular complexity index is 819. The van der Waals surface area contributed by atoms with E-state index in [9.17, 15) is 18.4 Å². The van der Waals surface area contributed by atoms with E-state index in [4.69, 9.17) is 0 Å². The highest BCUT2D eigenvalue weighted by Gasteiger charge is 2.25. The maximum Gasteiger partial charge on any atom is 0.255 e. The van der Waals surface area contributed by atoms with Gasteiger partial charge in [-0.1, -0.05) is 0 Å². The Morgan fingerprint density at radius 2 is 1.80 bits per heavy atom. The Morgan fingerprint density at radius 3 is 2.40 bits per heavy atom. The summed E-state index contributed by atoms with van der Waals surface area (Å²) in [6, 6.07) is 5.02. The number of aromatic amines is 1. The summed E-state index contributed by atoms with van der Waals surface area (Å²) in [6.07, 6.45) is 3.63. The van der Waals surface area contributed by atoms with Gasteiger partial charge >= 0.3 is 0 Å². The Morgan fingerprint density at radius 1 is 1.16 bits per heavy atom. The van der Waals surface area contributed by atoms with Crippen molar-refractivity contribution in [2.45, 2.75) is 26.2 Å². The number of hydrogen-bond acceptors (Lipinski definition) is 2. The predicted octanol–water partition coefficient (Wildman–Crippen LogP) is 3.06. The van der Waals surface area contributed by atoms with Gasteiger partial charge in [0.05, 0.1) is 5.56 Å². The van der Waals surface area contributed by atoms with Gasteiger partial charge in [-0.15, -0.1) is 0 Å². The van der Waals surface area contributed by atoms with Gasteiger partial charge in [-0.25, -0.2) is 8.78 Å². The SMILES string of the molecule is Cc1cc(=O)[nH]cc1C(=O)N1CCC(Cc2cc(F)cc(F)c2)CC1. The van der Waals surface area contributed by atoms with E-state index >= 15 is 0 Å². The van der Waals surface area contributed by atoms with Crippen LogP contribution in [-0.4, -0.2) is 28.9 Å². The predicted molar refractivity (Wildman–Crippen MR) is 90.5 cm³/mol. The first-order chi connectivity index (χ1) is 11.9. The molecule has 1 aliphatic rings. The van der Waals surface area contributed by atoms with Crippen LogP contribution in [0.2, 0.25) is 0 Å². The highest BCUT2D eigenvalue weighted by Crippen LogP contribution is 2.24. The van der Waals surface area contributed by atoms with Crippen molar-refractivity contribution in [1.29, 1.82) is 0 Å². The number of rotatable bonds is 3. The molecular formula is C19H20F2N2O2. The zero-order valence-electron chi connectivity index (χ0n) is 14.0. The minimum atomic E-state index is -0.559. The van der Waals surface area contributed by atoms with E-state index in [1.807, 2.05) is 0 Å². The first-order valence-electron chi connectivity index (χ1n) is 8.36. The number of pyridine rings is 1. The molecular weight excluding hydrogens is 326 g/mol. The molecule has 1 saturated heterocycles. The topological polar surface area (TPSA) is 53.2 Å². The largest absolute Gasteiger partial charge is 0.339 e. The molecule has 3 rings (SSSR count). The van der Waals surface area contributed by atoms with Crippen molar-refractivity contribution >= 4 is 5.91 Å². The first-order valence-corrected chi connectivity index (χ1v) is 8.36. The molecule has 1 aromatic carbocycles. The van der Waals surface area contributed by atoms with Gasteiger partial charge in [-0.2, -0.15) is 0 Å². The van der Waals surface area contributed by atoms with Crippen LogP contribution in [0.25, 0.3) is 0 Å². The van der Waals surface area contributed by atoms with Crippen LogP contribution in [0, 0.1) is 24.5 Å². The van der Waals surface area contributed by atoms with Crippen molar-refractivity contribution in [3.63, 3.8) is 0 Å². The maximum absolute atomic E-state index is 13.3. The molecule has 0 aliphatic carbocycles. The highest BCUT2D eigenvalue weighted by molar-refractivity contribution is 5.95. The minimum absolute atomic E-state index is 0.0935. The molecule has 4 nitrogen and oxygen atoms in total. The molecule has 0 saturated carbocycles. The number of nitrogens with zero attached hydrogens (tertiary/aromatic N) is 1. The monoisotopic (exact) mass is 346 g/mol. The van der Waals surface area contributed by atoms with Crippen LogP contribution in [-0.2, 0) is 6.42 Å². The van der Waals surface area contributed by atoms with Crippen LogP contribution in [0.1, 0.15) is 34.3 Å². The lowest BCUT2D eigenvalue weighted by molar-refractivity contribution is 0.0689. The fraction of sp³-hybridized carbons (Fsp3) is 0.368. The van der Waals surface area contributed by atoms with Crippen LogP contribution in [0.4, 0.5) is 8.78 Å². The third-order valence-corrected chi connectivity index (χ3v) is 4.71. The number of benzene rings is 1. The summed E-state index contributed by atoms with van der Waals surface area (Å²) in [6.45, 7) is 2.94. The molecule has 1 amide bonds. The fourth-order valence-electron chi connectivity index (χ4n) is 3.38. The molecule has 1 aromatic heterocycles. The normalized spacial score (nSPS) is 15.4. The Balaban J connectivity index is 1.61. The molecule has 2 aromatic rings. The van der Waals surface area contributed by atoms with Crippen LogP contribution >= 0.6 is 0 Å². The summed E-state index contributed by atoms with van der Waals surface area (Å²) >= 11 is 0. The molecule has 1 N–H and O–H groups in total. The summed E-state index contributed by atoms with van der Waals surface area (Å²) in [5.41, 5.74) is 1.59. The van der Waals surface area contributed by atoms with Crippen LogP contribution in [0.3, 0.4) is 0 Å². The fourth-order valence-corrected chi connectivity index (χ4v) is 3.38. The Kier molecular flexibility index (Phi) is 4.97. The second kappa shape index (κ2) is 7.17. The van der Waals surface area contributed by atoms with Crippen molar-refractivity contribution in [1.82, 2.24) is 9.88 Å². The summed E-state index contributed by atoms with van der Waals surface area (Å²) in [7, 11) is 0. The molecule has 0 atom stereocenters. The van der Waals surface area contributed by atoms with Crippen molar-refractivity contribution in [2.75, 3.05) is 13.1 Å². The molecule has 0 spiro atoms. The zero-order chi connectivity index (χ0) is 18.0. The Hall–Kier alpha value is -2.50. The van der Waals surface area contributed by atoms with Crippen LogP contribution in [0.15, 0.2) is 35.3 Å². The van der Waals surface area contributed by atoms with Gasteiger partial charge in [-0.3, -0.25) is 9.59 Å². The third-order valence-electron chi connectivity index (χ3n) is 4.71. The standard InChI is InChI=1S/C19H20F2N2O2/c1-12-6-18(24)22-11-17(12)19(25)23-4-2-13(3-5-23)7-14-8-15(20)10-16(21)9-14/h6,8-11,13H,2-5,7H2,1H3,(H,22,24). The van der Waals surface area contributed by atoms with Gasteiger partial charge in [0, 0.05) is 31.4 Å². The van der Waals surface area contributed by atoms with Gasteiger partial charge in [-0.05, 0) is 55.4 Å². The average molecular weight is 346 g/mol. The van der Waals surface area contributed by atoms with E-state index in [1.165, 1.54) is 24.4 Å². The number of nitrogens with one attached hydrogen (secondary N) is 1. The van der Waals surface area contributed by atoms with E-state index < -0.39 is 11.6 Å². The molecule has 1 aliphatic heterocycles. The van der Waals surface area contributed by atoms with E-state index in [0.717, 1.165) is 18.9 Å². The molecule has 0 radical (unpaired) electrons. The molecule has 6 heteroatoms. The van der Waals surface area contributed by atoms with Gasteiger partial charge in [0.2, 0.25) is 5.56 Å². The lowest BCUT2D eigenvalue weighted by Crippen LogP contribution is -2.39. The van der Waals surface area contributed by atoms with Crippen molar-refractivity contribution in [3.8, 4) is 0 Å². The number of carbonyl (C=O) groups excluding carboxylic acids is 1. The smallest absolute Gasteiger partial charge is 0.255 e. The zero-order valence-corrected chi connectivity index (χ0v) is 14.0. The second-order valence-electron chi connectivity index (χ2n) is 6.61. The van der Waals surface area contributed by atoms with Crippen LogP contribution < -0.4 is 5.56 Å². The number of aryl methyl sites for hydroxylation is 1. The summed E-state index contributed by atoms with van der Waals surface area (Å²) in [4.78, 5) is 28.2. The summed E-state index contributed by atoms with van der Waals surface area (Å²) in [5, 5.41) is 0. The van der Waals surface area contributed by atoms with E-state index in [0.29, 0.717) is 42.1 Å². The molecule has 25 heavy (non-hydrogen) atoms. The number of halogens is 2. The highest BCUT2D eigenvalue weighted by atomic mass is 19.1. The second-order valence-corrected chi connectivity index (χ2v) is 6.61. The van der Waals surface area contributed by atoms with Crippen molar-refractivity contribution in [3.05, 3.63) is 69.1 Å². The number of amides is 1. The van der Waals surface area contributed by atoms with Crippen LogP contribution in [0.5, 0.6) is 0 Å². The quantitative estimate of drug-likeness (QED) is 0.929. The number of H-pyrrole nitrogens is 1. The number of carbonyl (C=O) groups is 1. The van der Waals surface area contributed by atoms with E-state index in [2.05, 4.69) is 4.98 Å². The van der Waals surface area contributed by atoms with Crippen molar-refractivity contribution < 1.29 is 13.6 Å². The van der Waals surface area contributed by atoms with Gasteiger partial charge in [0.1, 0.15) is 11.6 Å². The average Bonchev–Trinajstić information content (AvgIpc) is 2.54. The molecule has 2 heterocycles. The number of piperidine rings is 1. The van der Waals surface area contributed by atoms with E-state index in [1.54, 1.807) is 11.8 Å². The van der Waals surface area contributed by atoms with Gasteiger partial charge < -0.3 is 9.88 Å². The third kappa shape index (κ3) is 4.13. The van der Waals surface area contributed by atoms with Crippen molar-refractivity contribution in [2.24, 2.45) is 5.92 Å². The number of aromatic nitrogens is 1. The first kappa shape index (κ1) is 17.3. The minimum Gasteiger partial charge on any atom is -0.339 e. The lowest BCUT2D eigenvalue weighted by atomic mass is 9.90. The molecule has 0 bridgehead atoms. The summed E-state index contributed by atoms with van der Waals surface area (Å²) in [5.74, 6) is -0.918. The lowest BCUT2D eigenvalue weighted by Gasteiger charge is -2.32. The number of likely N-dealkylation sites (tertiary alicyclic amines) is 1. The summed E-state index contributed by atoms with van der Waals surface area (Å²) < 4.78 is 26.6. The van der Waals surface area contributed by atoms with Gasteiger partial charge in [0.15, 0.2) is 0 Å². The Labute approximate surface area is 144 Å². The van der Waals surface area contributed by atoms with Gasteiger partial charge in [0.25, 0.3) is 5.91 Å². The molecule has 132 valence electrons.